The first-order valence-electron chi connectivity index (χ1n) is 7.44. The van der Waals surface area contributed by atoms with Crippen LogP contribution in [0.1, 0.15) is 19.3 Å². The maximum Gasteiger partial charge on any atom is 0.390 e. The first kappa shape index (κ1) is 18.1. The summed E-state index contributed by atoms with van der Waals surface area (Å²) in [4.78, 5) is 0. The van der Waals surface area contributed by atoms with E-state index in [4.69, 9.17) is 4.74 Å². The van der Waals surface area contributed by atoms with Crippen molar-refractivity contribution >= 4 is 22.6 Å². The Kier molecular flexibility index (Phi) is 6.74. The topological polar surface area (TPSA) is 9.23 Å². The molecule has 0 fully saturated rings. The van der Waals surface area contributed by atoms with Gasteiger partial charge in [0.25, 0.3) is 0 Å². The van der Waals surface area contributed by atoms with E-state index >= 15 is 0 Å². The van der Waals surface area contributed by atoms with Gasteiger partial charge < -0.3 is 4.74 Å². The van der Waals surface area contributed by atoms with Crippen molar-refractivity contribution in [2.75, 3.05) is 6.61 Å². The summed E-state index contributed by atoms with van der Waals surface area (Å²) < 4.78 is 42.2. The van der Waals surface area contributed by atoms with Crippen LogP contribution in [-0.2, 0) is 0 Å². The third-order valence-corrected chi connectivity index (χ3v) is 4.41. The molecule has 2 aromatic carbocycles. The van der Waals surface area contributed by atoms with E-state index in [0.717, 1.165) is 16.9 Å². The third-order valence-electron chi connectivity index (χ3n) is 3.34. The monoisotopic (exact) mass is 434 g/mol. The molecule has 0 saturated carbocycles. The number of ether oxygens (including phenoxy) is 1. The molecule has 2 rings (SSSR count). The molecule has 1 unspecified atom stereocenters. The van der Waals surface area contributed by atoms with Gasteiger partial charge in [0.2, 0.25) is 0 Å². The van der Waals surface area contributed by atoms with Crippen molar-refractivity contribution in [2.45, 2.75) is 29.4 Å². The van der Waals surface area contributed by atoms with E-state index in [0.29, 0.717) is 19.4 Å². The van der Waals surface area contributed by atoms with Crippen LogP contribution in [0.25, 0.3) is 11.1 Å². The van der Waals surface area contributed by atoms with E-state index in [1.807, 2.05) is 77.2 Å². The van der Waals surface area contributed by atoms with Crippen molar-refractivity contribution in [1.82, 2.24) is 0 Å². The second kappa shape index (κ2) is 8.57. The summed E-state index contributed by atoms with van der Waals surface area (Å²) in [6.45, 7) is 0.418. The van der Waals surface area contributed by atoms with Gasteiger partial charge in [-0.2, -0.15) is 13.2 Å². The summed E-state index contributed by atoms with van der Waals surface area (Å²) in [6, 6.07) is 17.6. The van der Waals surface area contributed by atoms with E-state index in [2.05, 4.69) is 0 Å². The van der Waals surface area contributed by atoms with Gasteiger partial charge in [-0.1, -0.05) is 71.1 Å². The fourth-order valence-corrected chi connectivity index (χ4v) is 3.23. The Morgan fingerprint density at radius 1 is 0.957 bits per heavy atom. The predicted molar refractivity (Wildman–Crippen MR) is 95.1 cm³/mol. The number of alkyl halides is 4. The van der Waals surface area contributed by atoms with Gasteiger partial charge in [0.15, 0.2) is 0 Å². The lowest BCUT2D eigenvalue weighted by Crippen LogP contribution is -2.15. The van der Waals surface area contributed by atoms with E-state index in [1.54, 1.807) is 0 Å². The molecule has 5 heteroatoms. The normalized spacial score (nSPS) is 12.9. The van der Waals surface area contributed by atoms with E-state index in [9.17, 15) is 13.2 Å². The Balaban J connectivity index is 1.87. The van der Waals surface area contributed by atoms with Gasteiger partial charge in [0.05, 0.1) is 13.0 Å². The zero-order valence-electron chi connectivity index (χ0n) is 12.5. The van der Waals surface area contributed by atoms with Crippen molar-refractivity contribution in [1.29, 1.82) is 0 Å². The molecule has 0 aromatic heterocycles. The average molecular weight is 434 g/mol. The summed E-state index contributed by atoms with van der Waals surface area (Å²) in [5.41, 5.74) is 2.06. The lowest BCUT2D eigenvalue weighted by atomic mass is 10.1. The van der Waals surface area contributed by atoms with Gasteiger partial charge in [0, 0.05) is 9.49 Å². The van der Waals surface area contributed by atoms with Crippen molar-refractivity contribution in [3.05, 3.63) is 54.6 Å². The lowest BCUT2D eigenvalue weighted by molar-refractivity contribution is -0.133. The minimum absolute atomic E-state index is 0.402. The van der Waals surface area contributed by atoms with E-state index in [1.165, 1.54) is 0 Å². The summed E-state index contributed by atoms with van der Waals surface area (Å²) in [6.07, 6.45) is -3.73. The van der Waals surface area contributed by atoms with Gasteiger partial charge in [-0.25, -0.2) is 0 Å². The largest absolute Gasteiger partial charge is 0.493 e. The molecule has 0 radical (unpaired) electrons. The third kappa shape index (κ3) is 6.41. The first-order valence-corrected chi connectivity index (χ1v) is 8.68. The zero-order valence-corrected chi connectivity index (χ0v) is 14.7. The molecule has 0 saturated heterocycles. The highest BCUT2D eigenvalue weighted by Gasteiger charge is 2.30. The lowest BCUT2D eigenvalue weighted by Gasteiger charge is -2.14. The van der Waals surface area contributed by atoms with Crippen LogP contribution in [0.2, 0.25) is 0 Å². The van der Waals surface area contributed by atoms with Crippen LogP contribution in [0.5, 0.6) is 5.75 Å². The molecular formula is C18H18F3IO. The summed E-state index contributed by atoms with van der Waals surface area (Å²) in [5, 5.41) is 0. The highest BCUT2D eigenvalue weighted by molar-refractivity contribution is 14.1. The maximum atomic E-state index is 12.3. The van der Waals surface area contributed by atoms with E-state index < -0.39 is 16.5 Å². The molecule has 0 amide bonds. The molecule has 23 heavy (non-hydrogen) atoms. The second-order valence-electron chi connectivity index (χ2n) is 5.27. The van der Waals surface area contributed by atoms with Crippen molar-refractivity contribution in [2.24, 2.45) is 0 Å². The van der Waals surface area contributed by atoms with Crippen LogP contribution in [0.3, 0.4) is 0 Å². The van der Waals surface area contributed by atoms with Gasteiger partial charge in [0.1, 0.15) is 5.75 Å². The molecular weight excluding hydrogens is 416 g/mol. The maximum absolute atomic E-state index is 12.3. The number of rotatable bonds is 7. The highest BCUT2D eigenvalue weighted by atomic mass is 127. The fraction of sp³-hybridized carbons (Fsp3) is 0.333. The summed E-state index contributed by atoms with van der Waals surface area (Å²) in [5.74, 6) is 0.763. The molecule has 1 nitrogen and oxygen atoms in total. The minimum atomic E-state index is -4.09. The fourth-order valence-electron chi connectivity index (χ4n) is 2.29. The molecule has 0 N–H and O–H groups in total. The molecule has 0 bridgehead atoms. The number of hydrogen-bond acceptors (Lipinski definition) is 1. The number of benzene rings is 2. The Labute approximate surface area is 148 Å². The van der Waals surface area contributed by atoms with Crippen molar-refractivity contribution < 1.29 is 17.9 Å². The van der Waals surface area contributed by atoms with Gasteiger partial charge >= 0.3 is 6.18 Å². The van der Waals surface area contributed by atoms with Crippen LogP contribution < -0.4 is 4.74 Å². The minimum Gasteiger partial charge on any atom is -0.493 e. The smallest absolute Gasteiger partial charge is 0.390 e. The van der Waals surface area contributed by atoms with Crippen LogP contribution in [0, 0.1) is 0 Å². The molecule has 1 atom stereocenters. The standard InChI is InChI=1S/C18H18F3IO/c19-18(20,21)13-15(22)9-6-12-23-17-11-5-4-10-16(17)14-7-2-1-3-8-14/h1-5,7-8,10-11,15H,6,9,12-13H2. The van der Waals surface area contributed by atoms with E-state index in [-0.39, 0.29) is 0 Å². The van der Waals surface area contributed by atoms with Crippen LogP contribution in [0.15, 0.2) is 54.6 Å². The zero-order chi connectivity index (χ0) is 16.7. The molecule has 0 spiro atoms. The number of halogens is 4. The first-order chi connectivity index (χ1) is 11.0. The van der Waals surface area contributed by atoms with Crippen molar-refractivity contribution in [3.63, 3.8) is 0 Å². The number of para-hydroxylation sites is 1. The van der Waals surface area contributed by atoms with Gasteiger partial charge in [-0.15, -0.1) is 0 Å². The second-order valence-corrected chi connectivity index (χ2v) is 7.03. The quantitative estimate of drug-likeness (QED) is 0.284. The summed E-state index contributed by atoms with van der Waals surface area (Å²) >= 11 is 1.86. The van der Waals surface area contributed by atoms with Gasteiger partial charge in [-0.3, -0.25) is 0 Å². The average Bonchev–Trinajstić information content (AvgIpc) is 2.51. The van der Waals surface area contributed by atoms with Crippen LogP contribution >= 0.6 is 22.6 Å². The molecule has 124 valence electrons. The molecule has 0 aliphatic rings. The molecule has 0 heterocycles. The SMILES string of the molecule is FC(F)(F)CC(I)CCCOc1ccccc1-c1ccccc1. The van der Waals surface area contributed by atoms with Crippen LogP contribution in [-0.4, -0.2) is 16.7 Å². The Bertz CT molecular complexity index is 599. The van der Waals surface area contributed by atoms with Crippen molar-refractivity contribution in [3.8, 4) is 16.9 Å². The highest BCUT2D eigenvalue weighted by Crippen LogP contribution is 2.30. The Hall–Kier alpha value is -1.24. The number of hydrogen-bond donors (Lipinski definition) is 0. The predicted octanol–water partition coefficient (Wildman–Crippen LogP) is 6.27. The summed E-state index contributed by atoms with van der Waals surface area (Å²) in [7, 11) is 0. The van der Waals surface area contributed by atoms with Gasteiger partial charge in [-0.05, 0) is 24.5 Å². The molecule has 0 aliphatic carbocycles. The Morgan fingerprint density at radius 2 is 1.61 bits per heavy atom. The molecule has 0 aliphatic heterocycles. The Morgan fingerprint density at radius 3 is 2.30 bits per heavy atom. The van der Waals surface area contributed by atoms with Crippen LogP contribution in [0.4, 0.5) is 13.2 Å². The molecule has 2 aromatic rings.